The number of aromatic nitrogens is 1. The summed E-state index contributed by atoms with van der Waals surface area (Å²) < 4.78 is 0. The van der Waals surface area contributed by atoms with Gasteiger partial charge in [0.2, 0.25) is 0 Å². The van der Waals surface area contributed by atoms with E-state index in [0.717, 1.165) is 18.7 Å². The average Bonchev–Trinajstić information content (AvgIpc) is 2.84. The largest absolute Gasteiger partial charge is 0.362 e. The van der Waals surface area contributed by atoms with Gasteiger partial charge in [0.15, 0.2) is 5.11 Å². The number of hydrogen-bond donors (Lipinski definition) is 3. The van der Waals surface area contributed by atoms with Crippen LogP contribution < -0.4 is 10.6 Å². The van der Waals surface area contributed by atoms with Crippen LogP contribution in [0.5, 0.6) is 0 Å². The molecule has 3 aromatic rings. The van der Waals surface area contributed by atoms with Crippen molar-refractivity contribution in [3.63, 3.8) is 0 Å². The molecule has 0 unspecified atom stereocenters. The number of rotatable bonds is 4. The summed E-state index contributed by atoms with van der Waals surface area (Å²) in [7, 11) is 0. The van der Waals surface area contributed by atoms with E-state index in [0.29, 0.717) is 5.11 Å². The molecule has 0 aliphatic heterocycles. The molecule has 0 saturated carbocycles. The third-order valence-electron chi connectivity index (χ3n) is 3.72. The molecule has 0 radical (unpaired) electrons. The number of para-hydroxylation sites is 2. The Morgan fingerprint density at radius 2 is 1.77 bits per heavy atom. The summed E-state index contributed by atoms with van der Waals surface area (Å²) in [6.07, 6.45) is 0.937. The highest BCUT2D eigenvalue weighted by Gasteiger charge is 2.07. The molecule has 1 aromatic heterocycles. The first kappa shape index (κ1) is 14.6. The summed E-state index contributed by atoms with van der Waals surface area (Å²) in [5.74, 6) is 0. The Labute approximate surface area is 135 Å². The fourth-order valence-electron chi connectivity index (χ4n) is 2.65. The van der Waals surface area contributed by atoms with Crippen LogP contribution in [0, 0.1) is 6.92 Å². The normalized spacial score (nSPS) is 10.6. The molecule has 0 atom stereocenters. The number of aryl methyl sites for hydroxylation is 1. The summed E-state index contributed by atoms with van der Waals surface area (Å²) in [6, 6.07) is 18.4. The van der Waals surface area contributed by atoms with Crippen molar-refractivity contribution in [1.82, 2.24) is 10.3 Å². The number of benzene rings is 2. The molecule has 22 heavy (non-hydrogen) atoms. The van der Waals surface area contributed by atoms with Gasteiger partial charge in [-0.25, -0.2) is 0 Å². The minimum atomic E-state index is 0.656. The molecule has 0 saturated heterocycles. The van der Waals surface area contributed by atoms with Gasteiger partial charge < -0.3 is 15.6 Å². The lowest BCUT2D eigenvalue weighted by molar-refractivity contribution is 0.871. The molecule has 0 amide bonds. The summed E-state index contributed by atoms with van der Waals surface area (Å²) >= 11 is 5.33. The van der Waals surface area contributed by atoms with Crippen LogP contribution in [0.2, 0.25) is 0 Å². The van der Waals surface area contributed by atoms with Gasteiger partial charge in [-0.1, -0.05) is 36.4 Å². The number of nitrogens with one attached hydrogen (secondary N) is 3. The summed E-state index contributed by atoms with van der Waals surface area (Å²) in [5.41, 5.74) is 4.78. The highest BCUT2D eigenvalue weighted by molar-refractivity contribution is 7.80. The van der Waals surface area contributed by atoms with Crippen LogP contribution in [-0.2, 0) is 6.42 Å². The van der Waals surface area contributed by atoms with Crippen molar-refractivity contribution in [2.24, 2.45) is 0 Å². The van der Waals surface area contributed by atoms with Crippen LogP contribution >= 0.6 is 12.2 Å². The smallest absolute Gasteiger partial charge is 0.170 e. The zero-order chi connectivity index (χ0) is 15.4. The Morgan fingerprint density at radius 3 is 2.59 bits per heavy atom. The zero-order valence-electron chi connectivity index (χ0n) is 12.5. The molecule has 0 fully saturated rings. The third-order valence-corrected chi connectivity index (χ3v) is 3.97. The van der Waals surface area contributed by atoms with Gasteiger partial charge in [0, 0.05) is 28.8 Å². The van der Waals surface area contributed by atoms with E-state index in [2.05, 4.69) is 46.8 Å². The Morgan fingerprint density at radius 1 is 1.05 bits per heavy atom. The molecule has 3 nitrogen and oxygen atoms in total. The monoisotopic (exact) mass is 309 g/mol. The van der Waals surface area contributed by atoms with Crippen LogP contribution in [0.1, 0.15) is 11.3 Å². The zero-order valence-corrected chi connectivity index (χ0v) is 13.3. The molecule has 3 rings (SSSR count). The lowest BCUT2D eigenvalue weighted by atomic mass is 10.1. The fourth-order valence-corrected chi connectivity index (χ4v) is 2.87. The maximum absolute atomic E-state index is 5.33. The van der Waals surface area contributed by atoms with Crippen LogP contribution in [0.25, 0.3) is 10.9 Å². The molecule has 4 heteroatoms. The van der Waals surface area contributed by atoms with Crippen molar-refractivity contribution in [3.05, 3.63) is 65.9 Å². The highest BCUT2D eigenvalue weighted by atomic mass is 32.1. The van der Waals surface area contributed by atoms with Crippen molar-refractivity contribution in [1.29, 1.82) is 0 Å². The van der Waals surface area contributed by atoms with E-state index in [1.54, 1.807) is 0 Å². The van der Waals surface area contributed by atoms with Gasteiger partial charge in [0.25, 0.3) is 0 Å². The van der Waals surface area contributed by atoms with Crippen molar-refractivity contribution in [3.8, 4) is 0 Å². The Balaban J connectivity index is 1.58. The van der Waals surface area contributed by atoms with Gasteiger partial charge >= 0.3 is 0 Å². The summed E-state index contributed by atoms with van der Waals surface area (Å²) in [6.45, 7) is 2.93. The number of anilines is 1. The molecule has 0 spiro atoms. The number of aromatic amines is 1. The van der Waals surface area contributed by atoms with Crippen molar-refractivity contribution < 1.29 is 0 Å². The number of thiocarbonyl (C=S) groups is 1. The van der Waals surface area contributed by atoms with E-state index < -0.39 is 0 Å². The Kier molecular flexibility index (Phi) is 4.39. The van der Waals surface area contributed by atoms with E-state index in [1.807, 2.05) is 30.3 Å². The number of H-pyrrole nitrogens is 1. The number of hydrogen-bond acceptors (Lipinski definition) is 1. The van der Waals surface area contributed by atoms with E-state index in [4.69, 9.17) is 12.2 Å². The molecule has 0 bridgehead atoms. The Bertz CT molecular complexity index is 777. The summed E-state index contributed by atoms with van der Waals surface area (Å²) in [4.78, 5) is 3.43. The standard InChI is InChI=1S/C18H19N3S/c1-13-15(16-9-5-6-10-17(16)20-13)11-12-19-18(22)21-14-7-3-2-4-8-14/h2-10,20H,11-12H2,1H3,(H2,19,21,22). The van der Waals surface area contributed by atoms with Crippen LogP contribution in [-0.4, -0.2) is 16.6 Å². The van der Waals surface area contributed by atoms with Crippen molar-refractivity contribution in [2.75, 3.05) is 11.9 Å². The lowest BCUT2D eigenvalue weighted by Gasteiger charge is -2.10. The quantitative estimate of drug-likeness (QED) is 0.638. The van der Waals surface area contributed by atoms with Crippen LogP contribution in [0.3, 0.4) is 0 Å². The van der Waals surface area contributed by atoms with E-state index >= 15 is 0 Å². The average molecular weight is 309 g/mol. The third kappa shape index (κ3) is 3.28. The number of fused-ring (bicyclic) bond motifs is 1. The molecular weight excluding hydrogens is 290 g/mol. The molecule has 112 valence electrons. The van der Waals surface area contributed by atoms with Crippen LogP contribution in [0.4, 0.5) is 5.69 Å². The van der Waals surface area contributed by atoms with E-state index in [1.165, 1.54) is 22.2 Å². The predicted molar refractivity (Wildman–Crippen MR) is 97.4 cm³/mol. The summed E-state index contributed by atoms with van der Waals surface area (Å²) in [5, 5.41) is 8.41. The second kappa shape index (κ2) is 6.62. The maximum Gasteiger partial charge on any atom is 0.170 e. The highest BCUT2D eigenvalue weighted by Crippen LogP contribution is 2.21. The topological polar surface area (TPSA) is 39.9 Å². The molecule has 1 heterocycles. The molecule has 3 N–H and O–H groups in total. The molecule has 0 aliphatic carbocycles. The fraction of sp³-hybridized carbons (Fsp3) is 0.167. The second-order valence-corrected chi connectivity index (χ2v) is 5.68. The predicted octanol–water partition coefficient (Wildman–Crippen LogP) is 4.01. The minimum absolute atomic E-state index is 0.656. The second-order valence-electron chi connectivity index (χ2n) is 5.27. The van der Waals surface area contributed by atoms with E-state index in [-0.39, 0.29) is 0 Å². The lowest BCUT2D eigenvalue weighted by Crippen LogP contribution is -2.30. The van der Waals surface area contributed by atoms with Gasteiger partial charge in [-0.2, -0.15) is 0 Å². The maximum atomic E-state index is 5.33. The van der Waals surface area contributed by atoms with Gasteiger partial charge in [-0.15, -0.1) is 0 Å². The van der Waals surface area contributed by atoms with Crippen molar-refractivity contribution in [2.45, 2.75) is 13.3 Å². The molecular formula is C18H19N3S. The minimum Gasteiger partial charge on any atom is -0.362 e. The first-order valence-electron chi connectivity index (χ1n) is 7.40. The molecule has 0 aliphatic rings. The van der Waals surface area contributed by atoms with E-state index in [9.17, 15) is 0 Å². The molecule has 2 aromatic carbocycles. The van der Waals surface area contributed by atoms with Gasteiger partial charge in [0.05, 0.1) is 0 Å². The van der Waals surface area contributed by atoms with Crippen LogP contribution in [0.15, 0.2) is 54.6 Å². The van der Waals surface area contributed by atoms with Gasteiger partial charge in [-0.05, 0) is 49.3 Å². The SMILES string of the molecule is Cc1[nH]c2ccccc2c1CCNC(=S)Nc1ccccc1. The Hall–Kier alpha value is -2.33. The van der Waals surface area contributed by atoms with Crippen molar-refractivity contribution >= 4 is 33.9 Å². The van der Waals surface area contributed by atoms with Gasteiger partial charge in [0.1, 0.15) is 0 Å². The van der Waals surface area contributed by atoms with Gasteiger partial charge in [-0.3, -0.25) is 0 Å². The first-order valence-corrected chi connectivity index (χ1v) is 7.81. The first-order chi connectivity index (χ1) is 10.7.